The summed E-state index contributed by atoms with van der Waals surface area (Å²) < 4.78 is 34.1. The second-order valence-electron chi connectivity index (χ2n) is 7.38. The molecule has 2 rings (SSSR count). The Bertz CT molecular complexity index is 938. The summed E-state index contributed by atoms with van der Waals surface area (Å²) in [6.07, 6.45) is 2.06. The fourth-order valence-corrected chi connectivity index (χ4v) is 4.54. The largest absolute Gasteiger partial charge is 0.495 e. The summed E-state index contributed by atoms with van der Waals surface area (Å²) in [6.45, 7) is 7.44. The van der Waals surface area contributed by atoms with Crippen LogP contribution in [0.5, 0.6) is 5.75 Å². The Morgan fingerprint density at radius 3 is 2.28 bits per heavy atom. The molecule has 0 aliphatic rings. The summed E-state index contributed by atoms with van der Waals surface area (Å²) >= 11 is 0. The molecule has 6 nitrogen and oxygen atoms in total. The van der Waals surface area contributed by atoms with E-state index in [-0.39, 0.29) is 22.8 Å². The van der Waals surface area contributed by atoms with Gasteiger partial charge in [0, 0.05) is 13.0 Å². The lowest BCUT2D eigenvalue weighted by Crippen LogP contribution is -2.32. The van der Waals surface area contributed by atoms with E-state index in [0.29, 0.717) is 11.4 Å². The van der Waals surface area contributed by atoms with Gasteiger partial charge in [-0.15, -0.1) is 0 Å². The molecule has 0 saturated heterocycles. The molecule has 2 aromatic carbocycles. The van der Waals surface area contributed by atoms with E-state index in [1.807, 2.05) is 38.1 Å². The highest BCUT2D eigenvalue weighted by molar-refractivity contribution is 7.89. The number of methoxy groups -OCH3 is 1. The highest BCUT2D eigenvalue weighted by Crippen LogP contribution is 2.30. The van der Waals surface area contributed by atoms with Gasteiger partial charge in [-0.05, 0) is 41.7 Å². The zero-order chi connectivity index (χ0) is 21.6. The summed E-state index contributed by atoms with van der Waals surface area (Å²) in [5.41, 5.74) is 2.46. The van der Waals surface area contributed by atoms with Crippen molar-refractivity contribution in [3.8, 4) is 5.75 Å². The molecule has 0 bridgehead atoms. The maximum Gasteiger partial charge on any atom is 0.241 e. The van der Waals surface area contributed by atoms with Gasteiger partial charge in [0.25, 0.3) is 0 Å². The summed E-state index contributed by atoms with van der Waals surface area (Å²) in [4.78, 5) is 11.5. The smallest absolute Gasteiger partial charge is 0.241 e. The van der Waals surface area contributed by atoms with Crippen molar-refractivity contribution in [2.75, 3.05) is 12.4 Å². The van der Waals surface area contributed by atoms with Crippen molar-refractivity contribution in [1.82, 2.24) is 4.72 Å². The number of amides is 1. The van der Waals surface area contributed by atoms with Gasteiger partial charge in [-0.25, -0.2) is 13.1 Å². The highest BCUT2D eigenvalue weighted by atomic mass is 32.2. The van der Waals surface area contributed by atoms with Crippen molar-refractivity contribution in [2.24, 2.45) is 5.92 Å². The molecule has 2 aromatic rings. The van der Waals surface area contributed by atoms with E-state index < -0.39 is 10.0 Å². The Labute approximate surface area is 173 Å². The summed E-state index contributed by atoms with van der Waals surface area (Å²) in [5.74, 6) is 0.138. The van der Waals surface area contributed by atoms with E-state index in [9.17, 15) is 13.2 Å². The molecule has 0 fully saturated rings. The van der Waals surface area contributed by atoms with Gasteiger partial charge < -0.3 is 10.1 Å². The van der Waals surface area contributed by atoms with Crippen LogP contribution < -0.4 is 14.8 Å². The van der Waals surface area contributed by atoms with Crippen LogP contribution in [0.4, 0.5) is 5.69 Å². The number of ether oxygens (including phenoxy) is 1. The zero-order valence-corrected chi connectivity index (χ0v) is 18.5. The van der Waals surface area contributed by atoms with Crippen molar-refractivity contribution in [2.45, 2.75) is 51.5 Å². The monoisotopic (exact) mass is 418 g/mol. The molecule has 0 spiro atoms. The number of hydrogen-bond acceptors (Lipinski definition) is 4. The third-order valence-corrected chi connectivity index (χ3v) is 6.06. The highest BCUT2D eigenvalue weighted by Gasteiger charge is 2.25. The molecule has 29 heavy (non-hydrogen) atoms. The summed E-state index contributed by atoms with van der Waals surface area (Å²) in [5, 5.41) is 2.61. The molecule has 0 aliphatic carbocycles. The average Bonchev–Trinajstić information content (AvgIpc) is 2.66. The Hall–Kier alpha value is -2.38. The van der Waals surface area contributed by atoms with Crippen LogP contribution in [-0.4, -0.2) is 21.4 Å². The van der Waals surface area contributed by atoms with Crippen molar-refractivity contribution >= 4 is 21.6 Å². The number of carbonyl (C=O) groups is 1. The number of aryl methyl sites for hydroxylation is 1. The second kappa shape index (κ2) is 9.89. The number of carbonyl (C=O) groups excluding carboxylic acids is 1. The van der Waals surface area contributed by atoms with E-state index in [4.69, 9.17) is 4.74 Å². The van der Waals surface area contributed by atoms with E-state index in [0.717, 1.165) is 18.4 Å². The Morgan fingerprint density at radius 1 is 1.10 bits per heavy atom. The summed E-state index contributed by atoms with van der Waals surface area (Å²) in [6, 6.07) is 12.1. The molecular formula is C22H30N2O4S. The van der Waals surface area contributed by atoms with Crippen LogP contribution in [0.1, 0.15) is 51.3 Å². The maximum absolute atomic E-state index is 13.1. The predicted molar refractivity (Wildman–Crippen MR) is 116 cm³/mol. The molecule has 2 N–H and O–H groups in total. The Kier molecular flexibility index (Phi) is 7.81. The third kappa shape index (κ3) is 6.05. The number of benzene rings is 2. The molecule has 1 amide bonds. The fourth-order valence-electron chi connectivity index (χ4n) is 3.15. The normalized spacial score (nSPS) is 12.6. The van der Waals surface area contributed by atoms with E-state index in [1.165, 1.54) is 37.8 Å². The predicted octanol–water partition coefficient (Wildman–Crippen LogP) is 4.28. The first kappa shape index (κ1) is 22.9. The molecule has 0 radical (unpaired) electrons. The minimum absolute atomic E-state index is 0.0508. The van der Waals surface area contributed by atoms with Gasteiger partial charge in [-0.2, -0.15) is 0 Å². The van der Waals surface area contributed by atoms with Gasteiger partial charge in [-0.3, -0.25) is 4.79 Å². The topological polar surface area (TPSA) is 84.5 Å². The van der Waals surface area contributed by atoms with Crippen LogP contribution in [0.15, 0.2) is 47.4 Å². The van der Waals surface area contributed by atoms with Crippen LogP contribution in [0.2, 0.25) is 0 Å². The molecule has 0 heterocycles. The number of hydrogen-bond donors (Lipinski definition) is 2. The van der Waals surface area contributed by atoms with Crippen LogP contribution in [-0.2, 0) is 21.2 Å². The quantitative estimate of drug-likeness (QED) is 0.636. The summed E-state index contributed by atoms with van der Waals surface area (Å²) in [7, 11) is -2.35. The van der Waals surface area contributed by atoms with Gasteiger partial charge >= 0.3 is 0 Å². The molecule has 1 atom stereocenters. The van der Waals surface area contributed by atoms with E-state index >= 15 is 0 Å². The molecular weight excluding hydrogens is 388 g/mol. The lowest BCUT2D eigenvalue weighted by atomic mass is 9.95. The molecule has 1 unspecified atom stereocenters. The lowest BCUT2D eigenvalue weighted by Gasteiger charge is -2.23. The minimum atomic E-state index is -3.81. The average molecular weight is 419 g/mol. The number of rotatable bonds is 9. The standard InChI is InChI=1S/C22H30N2O4S/c1-6-7-17-8-10-18(11-9-17)22(15(2)3)24-29(26,27)19-12-13-21(28-5)20(14-19)23-16(4)25/h8-15,22,24H,6-7H2,1-5H3,(H,23,25). The lowest BCUT2D eigenvalue weighted by molar-refractivity contribution is -0.114. The van der Waals surface area contributed by atoms with Gasteiger partial charge in [0.2, 0.25) is 15.9 Å². The van der Waals surface area contributed by atoms with E-state index in [2.05, 4.69) is 17.0 Å². The van der Waals surface area contributed by atoms with Gasteiger partial charge in [0.1, 0.15) is 5.75 Å². The SMILES string of the molecule is CCCc1ccc(C(NS(=O)(=O)c2ccc(OC)c(NC(C)=O)c2)C(C)C)cc1. The van der Waals surface area contributed by atoms with Crippen molar-refractivity contribution in [3.63, 3.8) is 0 Å². The van der Waals surface area contributed by atoms with Crippen molar-refractivity contribution < 1.29 is 17.9 Å². The van der Waals surface area contributed by atoms with E-state index in [1.54, 1.807) is 0 Å². The fraction of sp³-hybridized carbons (Fsp3) is 0.409. The van der Waals surface area contributed by atoms with Crippen LogP contribution in [0, 0.1) is 5.92 Å². The first-order chi connectivity index (χ1) is 13.7. The second-order valence-corrected chi connectivity index (χ2v) is 9.09. The number of sulfonamides is 1. The first-order valence-electron chi connectivity index (χ1n) is 9.74. The molecule has 0 aliphatic heterocycles. The van der Waals surface area contributed by atoms with Crippen molar-refractivity contribution in [3.05, 3.63) is 53.6 Å². The molecule has 158 valence electrons. The minimum Gasteiger partial charge on any atom is -0.495 e. The number of nitrogens with one attached hydrogen (secondary N) is 2. The van der Waals surface area contributed by atoms with Crippen LogP contribution >= 0.6 is 0 Å². The zero-order valence-electron chi connectivity index (χ0n) is 17.7. The van der Waals surface area contributed by atoms with Gasteiger partial charge in [0.15, 0.2) is 0 Å². The van der Waals surface area contributed by atoms with Gasteiger partial charge in [0.05, 0.1) is 17.7 Å². The number of anilines is 1. The maximum atomic E-state index is 13.1. The Balaban J connectivity index is 2.34. The Morgan fingerprint density at radius 2 is 1.76 bits per heavy atom. The molecule has 0 aromatic heterocycles. The third-order valence-electron chi connectivity index (χ3n) is 4.62. The first-order valence-corrected chi connectivity index (χ1v) is 11.2. The van der Waals surface area contributed by atoms with Gasteiger partial charge in [-0.1, -0.05) is 51.5 Å². The van der Waals surface area contributed by atoms with Crippen molar-refractivity contribution in [1.29, 1.82) is 0 Å². The molecule has 0 saturated carbocycles. The molecule has 7 heteroatoms. The van der Waals surface area contributed by atoms with Crippen LogP contribution in [0.25, 0.3) is 0 Å². The van der Waals surface area contributed by atoms with Crippen LogP contribution in [0.3, 0.4) is 0 Å².